The van der Waals surface area contributed by atoms with E-state index < -0.39 is 12.6 Å². The molecule has 12 heteroatoms. The molecule has 1 saturated heterocycles. The Morgan fingerprint density at radius 3 is 2.61 bits per heavy atom. The second-order valence-electron chi connectivity index (χ2n) is 9.81. The average Bonchev–Trinajstić information content (AvgIpc) is 3.27. The largest absolute Gasteiger partial charge is 0.496 e. The van der Waals surface area contributed by atoms with Gasteiger partial charge in [-0.1, -0.05) is 23.7 Å². The topological polar surface area (TPSA) is 98.9 Å². The van der Waals surface area contributed by atoms with Crippen LogP contribution in [0, 0.1) is 0 Å². The van der Waals surface area contributed by atoms with Gasteiger partial charge in [0.25, 0.3) is 0 Å². The molecule has 4 aromatic rings. The van der Waals surface area contributed by atoms with Crippen LogP contribution in [0.15, 0.2) is 48.5 Å². The quantitative estimate of drug-likeness (QED) is 0.246. The fraction of sp³-hybridized carbons (Fsp3) is 0.345. The highest BCUT2D eigenvalue weighted by Crippen LogP contribution is 2.32. The predicted octanol–water partition coefficient (Wildman–Crippen LogP) is 5.89. The molecule has 0 amide bonds. The number of rotatable bonds is 10. The number of imidazole rings is 1. The minimum absolute atomic E-state index is 0.144. The Kier molecular flexibility index (Phi) is 8.55. The number of hydrogen-bond donors (Lipinski definition) is 1. The summed E-state index contributed by atoms with van der Waals surface area (Å²) in [5.74, 6) is 0.586. The van der Waals surface area contributed by atoms with Crippen LogP contribution >= 0.6 is 11.6 Å². The lowest BCUT2D eigenvalue weighted by Crippen LogP contribution is -2.33. The summed E-state index contributed by atoms with van der Waals surface area (Å²) in [6, 6.07) is 13.7. The van der Waals surface area contributed by atoms with Gasteiger partial charge in [-0.25, -0.2) is 14.8 Å². The van der Waals surface area contributed by atoms with Crippen molar-refractivity contribution >= 4 is 28.6 Å². The minimum Gasteiger partial charge on any atom is -0.496 e. The van der Waals surface area contributed by atoms with Gasteiger partial charge < -0.3 is 23.9 Å². The number of benzene rings is 2. The van der Waals surface area contributed by atoms with Crippen LogP contribution in [-0.4, -0.2) is 57.3 Å². The average molecular weight is 587 g/mol. The number of aromatic carboxylic acids is 1. The van der Waals surface area contributed by atoms with Gasteiger partial charge in [0, 0.05) is 35.3 Å². The highest BCUT2D eigenvalue weighted by atomic mass is 35.5. The van der Waals surface area contributed by atoms with Gasteiger partial charge in [0.05, 0.1) is 24.7 Å². The van der Waals surface area contributed by atoms with Crippen LogP contribution in [0.5, 0.6) is 17.4 Å². The Hall–Kier alpha value is -3.96. The molecule has 1 aliphatic rings. The number of carboxylic acid groups (broad SMARTS) is 1. The van der Waals surface area contributed by atoms with Crippen LogP contribution in [0.4, 0.5) is 8.78 Å². The number of aromatic nitrogens is 3. The second-order valence-corrected chi connectivity index (χ2v) is 10.2. The molecule has 0 aliphatic carbocycles. The Morgan fingerprint density at radius 1 is 1.12 bits per heavy atom. The number of fused-ring (bicyclic) bond motifs is 1. The minimum atomic E-state index is -3.09. The Balaban J connectivity index is 1.23. The number of halogens is 3. The monoisotopic (exact) mass is 586 g/mol. The summed E-state index contributed by atoms with van der Waals surface area (Å²) < 4.78 is 43.7. The van der Waals surface area contributed by atoms with E-state index in [9.17, 15) is 18.7 Å². The third kappa shape index (κ3) is 6.52. The van der Waals surface area contributed by atoms with Crippen molar-refractivity contribution in [2.45, 2.75) is 38.5 Å². The normalized spacial score (nSPS) is 14.5. The number of ether oxygens (including phenoxy) is 3. The molecule has 2 aromatic heterocycles. The van der Waals surface area contributed by atoms with Gasteiger partial charge in [0.15, 0.2) is 5.75 Å². The number of methoxy groups -OCH3 is 1. The summed E-state index contributed by atoms with van der Waals surface area (Å²) in [7, 11) is 3.33. The lowest BCUT2D eigenvalue weighted by atomic mass is 9.93. The van der Waals surface area contributed by atoms with Gasteiger partial charge in [-0.3, -0.25) is 4.90 Å². The summed E-state index contributed by atoms with van der Waals surface area (Å²) in [6.07, 6.45) is 1.74. The van der Waals surface area contributed by atoms with E-state index in [1.807, 2.05) is 24.3 Å². The molecule has 216 valence electrons. The molecule has 0 radical (unpaired) electrons. The Labute approximate surface area is 240 Å². The van der Waals surface area contributed by atoms with Gasteiger partial charge in [-0.2, -0.15) is 8.78 Å². The third-order valence-electron chi connectivity index (χ3n) is 7.25. The molecule has 0 bridgehead atoms. The summed E-state index contributed by atoms with van der Waals surface area (Å²) in [4.78, 5) is 23.0. The zero-order valence-electron chi connectivity index (χ0n) is 22.5. The first-order chi connectivity index (χ1) is 19.7. The maximum absolute atomic E-state index is 13.0. The highest BCUT2D eigenvalue weighted by molar-refractivity contribution is 6.30. The molecule has 1 fully saturated rings. The molecule has 0 saturated carbocycles. The lowest BCUT2D eigenvalue weighted by molar-refractivity contribution is -0.0489. The van der Waals surface area contributed by atoms with Crippen molar-refractivity contribution in [3.8, 4) is 17.4 Å². The molecule has 0 atom stereocenters. The molecule has 5 rings (SSSR count). The van der Waals surface area contributed by atoms with Gasteiger partial charge in [-0.05, 0) is 56.3 Å². The van der Waals surface area contributed by atoms with Crippen LogP contribution in [-0.2, 0) is 20.2 Å². The van der Waals surface area contributed by atoms with Crippen LogP contribution in [0.25, 0.3) is 11.0 Å². The first-order valence-corrected chi connectivity index (χ1v) is 13.4. The van der Waals surface area contributed by atoms with Gasteiger partial charge in [0.2, 0.25) is 5.88 Å². The van der Waals surface area contributed by atoms with Crippen molar-refractivity contribution < 1.29 is 32.9 Å². The van der Waals surface area contributed by atoms with Crippen molar-refractivity contribution in [1.29, 1.82) is 0 Å². The Bertz CT molecular complexity index is 1560. The van der Waals surface area contributed by atoms with E-state index in [1.165, 1.54) is 6.07 Å². The summed E-state index contributed by atoms with van der Waals surface area (Å²) in [6.45, 7) is -0.754. The van der Waals surface area contributed by atoms with Crippen molar-refractivity contribution in [2.24, 2.45) is 7.05 Å². The van der Waals surface area contributed by atoms with Gasteiger partial charge in [0.1, 0.15) is 23.7 Å². The number of piperidine rings is 1. The summed E-state index contributed by atoms with van der Waals surface area (Å²) >= 11 is 6.05. The number of aryl methyl sites for hydroxylation is 1. The molecule has 0 unspecified atom stereocenters. The number of hydrogen-bond acceptors (Lipinski definition) is 7. The zero-order valence-corrected chi connectivity index (χ0v) is 23.3. The predicted molar refractivity (Wildman–Crippen MR) is 148 cm³/mol. The van der Waals surface area contributed by atoms with Crippen molar-refractivity contribution in [1.82, 2.24) is 19.4 Å². The maximum atomic E-state index is 13.0. The third-order valence-corrected chi connectivity index (χ3v) is 7.48. The van der Waals surface area contributed by atoms with E-state index in [2.05, 4.69) is 14.6 Å². The summed E-state index contributed by atoms with van der Waals surface area (Å²) in [5, 5.41) is 10.00. The lowest BCUT2D eigenvalue weighted by Gasteiger charge is -2.31. The number of likely N-dealkylation sites (tertiary alicyclic amines) is 1. The standard InChI is InChI=1S/C29H29ClF2N4O5/c1-35-22-12-19(28(37)38)13-24(41-29(31)32)27(22)34-25(35)15-36-10-8-17(9-11-36)21-4-3-5-26(33-21)40-16-18-6-7-20(30)14-23(18)39-2/h3-7,12-14,17,29H,8-11,15-16H2,1-2H3,(H,37,38). The first-order valence-electron chi connectivity index (χ1n) is 13.0. The van der Waals surface area contributed by atoms with Crippen molar-refractivity contribution in [3.05, 3.63) is 76.2 Å². The fourth-order valence-electron chi connectivity index (χ4n) is 5.07. The molecule has 1 N–H and O–H groups in total. The number of carbonyl (C=O) groups is 1. The molecule has 3 heterocycles. The zero-order chi connectivity index (χ0) is 29.1. The van der Waals surface area contributed by atoms with Crippen molar-refractivity contribution in [3.63, 3.8) is 0 Å². The second kappa shape index (κ2) is 12.3. The highest BCUT2D eigenvalue weighted by Gasteiger charge is 2.25. The molecular formula is C29H29ClF2N4O5. The molecule has 9 nitrogen and oxygen atoms in total. The number of nitrogens with zero attached hydrogens (tertiary/aromatic N) is 4. The smallest absolute Gasteiger partial charge is 0.387 e. The maximum Gasteiger partial charge on any atom is 0.387 e. The van der Waals surface area contributed by atoms with E-state index in [4.69, 9.17) is 26.1 Å². The van der Waals surface area contributed by atoms with E-state index in [0.29, 0.717) is 41.1 Å². The molecule has 41 heavy (non-hydrogen) atoms. The number of pyridine rings is 1. The van der Waals surface area contributed by atoms with Crippen LogP contribution in [0.3, 0.4) is 0 Å². The van der Waals surface area contributed by atoms with Crippen molar-refractivity contribution in [2.75, 3.05) is 20.2 Å². The fourth-order valence-corrected chi connectivity index (χ4v) is 5.23. The van der Waals surface area contributed by atoms with E-state index in [-0.39, 0.29) is 22.7 Å². The molecule has 0 spiro atoms. The molecule has 2 aromatic carbocycles. The van der Waals surface area contributed by atoms with E-state index in [1.54, 1.807) is 30.9 Å². The number of alkyl halides is 2. The van der Waals surface area contributed by atoms with Gasteiger partial charge in [-0.15, -0.1) is 0 Å². The molecular weight excluding hydrogens is 558 g/mol. The number of carboxylic acids is 1. The van der Waals surface area contributed by atoms with Crippen LogP contribution in [0.1, 0.15) is 46.2 Å². The van der Waals surface area contributed by atoms with Gasteiger partial charge >= 0.3 is 12.6 Å². The SMILES string of the molecule is COc1cc(Cl)ccc1COc1cccc(C2CCN(Cc3nc4c(OC(F)F)cc(C(=O)O)cc4n3C)CC2)n1. The van der Waals surface area contributed by atoms with E-state index >= 15 is 0 Å². The van der Waals surface area contributed by atoms with E-state index in [0.717, 1.165) is 43.3 Å². The van der Waals surface area contributed by atoms with Crippen LogP contribution < -0.4 is 14.2 Å². The summed E-state index contributed by atoms with van der Waals surface area (Å²) in [5.41, 5.74) is 2.31. The van der Waals surface area contributed by atoms with Crippen LogP contribution in [0.2, 0.25) is 5.02 Å². The first kappa shape index (κ1) is 28.6. The molecule has 1 aliphatic heterocycles. The Morgan fingerprint density at radius 2 is 1.90 bits per heavy atom.